The summed E-state index contributed by atoms with van der Waals surface area (Å²) in [6.45, 7) is 7.10. The van der Waals surface area contributed by atoms with Gasteiger partial charge in [-0.05, 0) is 55.8 Å². The summed E-state index contributed by atoms with van der Waals surface area (Å²) >= 11 is 4.60. The van der Waals surface area contributed by atoms with Crippen LogP contribution in [0.5, 0.6) is 0 Å². The Morgan fingerprint density at radius 3 is 2.39 bits per heavy atom. The molecule has 0 aromatic carbocycles. The maximum absolute atomic E-state index is 12.2. The lowest BCUT2D eigenvalue weighted by molar-refractivity contribution is -0.129. The number of amides is 3. The third-order valence-electron chi connectivity index (χ3n) is 2.78. The third-order valence-corrected chi connectivity index (χ3v) is 4.39. The minimum absolute atomic E-state index is 0.110. The van der Waals surface area contributed by atoms with E-state index in [0.717, 1.165) is 3.79 Å². The van der Waals surface area contributed by atoms with Gasteiger partial charge in [0.1, 0.15) is 6.04 Å². The number of likely N-dealkylation sites (N-methyl/N-ethyl adjacent to an activating group) is 1. The third kappa shape index (κ3) is 6.70. The molecule has 6 nitrogen and oxygen atoms in total. The largest absolute Gasteiger partial charge is 0.350 e. The van der Waals surface area contributed by atoms with Gasteiger partial charge in [-0.25, -0.2) is 0 Å². The van der Waals surface area contributed by atoms with E-state index in [0.29, 0.717) is 4.88 Å². The molecule has 1 unspecified atom stereocenters. The van der Waals surface area contributed by atoms with Gasteiger partial charge < -0.3 is 15.5 Å². The monoisotopic (exact) mass is 403 g/mol. The summed E-state index contributed by atoms with van der Waals surface area (Å²) in [6, 6.07) is 2.82. The van der Waals surface area contributed by atoms with Gasteiger partial charge in [0, 0.05) is 12.6 Å². The second kappa shape index (κ2) is 7.92. The molecule has 1 atom stereocenters. The maximum Gasteiger partial charge on any atom is 0.264 e. The van der Waals surface area contributed by atoms with Crippen LogP contribution in [0.15, 0.2) is 15.9 Å². The maximum atomic E-state index is 12.2. The molecule has 0 bridgehead atoms. The molecule has 8 heteroatoms. The van der Waals surface area contributed by atoms with Crippen LogP contribution in [0.2, 0.25) is 0 Å². The zero-order valence-corrected chi connectivity index (χ0v) is 16.3. The van der Waals surface area contributed by atoms with Crippen molar-refractivity contribution in [2.45, 2.75) is 39.3 Å². The van der Waals surface area contributed by atoms with E-state index in [1.165, 1.54) is 16.2 Å². The Bertz CT molecular complexity index is 595. The minimum atomic E-state index is -0.666. The van der Waals surface area contributed by atoms with E-state index in [-0.39, 0.29) is 29.8 Å². The van der Waals surface area contributed by atoms with E-state index in [2.05, 4.69) is 26.6 Å². The van der Waals surface area contributed by atoms with E-state index < -0.39 is 6.04 Å². The lowest BCUT2D eigenvalue weighted by Crippen LogP contribution is -2.52. The number of carbonyl (C=O) groups is 3. The van der Waals surface area contributed by atoms with Crippen molar-refractivity contribution in [2.24, 2.45) is 0 Å². The Balaban J connectivity index is 2.52. The van der Waals surface area contributed by atoms with E-state index >= 15 is 0 Å². The predicted octanol–water partition coefficient (Wildman–Crippen LogP) is 2.00. The molecule has 0 aliphatic rings. The van der Waals surface area contributed by atoms with Crippen LogP contribution in [0.4, 0.5) is 0 Å². The van der Waals surface area contributed by atoms with Gasteiger partial charge in [-0.2, -0.15) is 0 Å². The minimum Gasteiger partial charge on any atom is -0.350 e. The van der Waals surface area contributed by atoms with Crippen molar-refractivity contribution in [1.82, 2.24) is 15.5 Å². The first-order chi connectivity index (χ1) is 10.5. The first-order valence-corrected chi connectivity index (χ1v) is 8.73. The standard InChI is InChI=1S/C15H22BrN3O3S/c1-9(13(21)18-15(2,3)4)17-12(20)8-19(5)14(22)10-6-7-11(16)23-10/h6-7,9H,8H2,1-5H3,(H,17,20)(H,18,21). The summed E-state index contributed by atoms with van der Waals surface area (Å²) in [7, 11) is 1.55. The first-order valence-electron chi connectivity index (χ1n) is 7.12. The highest BCUT2D eigenvalue weighted by Crippen LogP contribution is 2.22. The lowest BCUT2D eigenvalue weighted by Gasteiger charge is -2.24. The number of thiophene rings is 1. The SMILES string of the molecule is CC(NC(=O)CN(C)C(=O)c1ccc(Br)s1)C(=O)NC(C)(C)C. The highest BCUT2D eigenvalue weighted by Gasteiger charge is 2.22. The van der Waals surface area contributed by atoms with Crippen LogP contribution in [-0.4, -0.2) is 47.8 Å². The average molecular weight is 404 g/mol. The number of hydrogen-bond acceptors (Lipinski definition) is 4. The number of rotatable bonds is 5. The molecule has 2 N–H and O–H groups in total. The van der Waals surface area contributed by atoms with Crippen molar-refractivity contribution in [3.8, 4) is 0 Å². The quantitative estimate of drug-likeness (QED) is 0.788. The van der Waals surface area contributed by atoms with Crippen LogP contribution in [0, 0.1) is 0 Å². The molecular weight excluding hydrogens is 382 g/mol. The number of carbonyl (C=O) groups excluding carboxylic acids is 3. The molecule has 0 saturated carbocycles. The number of hydrogen-bond donors (Lipinski definition) is 2. The molecule has 0 radical (unpaired) electrons. The van der Waals surface area contributed by atoms with Gasteiger partial charge in [0.15, 0.2) is 0 Å². The molecule has 1 aromatic rings. The van der Waals surface area contributed by atoms with E-state index in [1.807, 2.05) is 20.8 Å². The van der Waals surface area contributed by atoms with Gasteiger partial charge in [-0.15, -0.1) is 11.3 Å². The van der Waals surface area contributed by atoms with E-state index in [1.54, 1.807) is 26.1 Å². The van der Waals surface area contributed by atoms with E-state index in [4.69, 9.17) is 0 Å². The summed E-state index contributed by atoms with van der Waals surface area (Å²) < 4.78 is 0.853. The van der Waals surface area contributed by atoms with Crippen LogP contribution in [0.3, 0.4) is 0 Å². The fourth-order valence-corrected chi connectivity index (χ4v) is 3.12. The molecule has 3 amide bonds. The van der Waals surface area contributed by atoms with Gasteiger partial charge >= 0.3 is 0 Å². The van der Waals surface area contributed by atoms with Crippen LogP contribution < -0.4 is 10.6 Å². The zero-order valence-electron chi connectivity index (χ0n) is 13.9. The molecule has 0 saturated heterocycles. The van der Waals surface area contributed by atoms with Crippen molar-refractivity contribution < 1.29 is 14.4 Å². The summed E-state index contributed by atoms with van der Waals surface area (Å²) in [4.78, 5) is 37.9. The number of nitrogens with one attached hydrogen (secondary N) is 2. The van der Waals surface area contributed by atoms with Gasteiger partial charge in [-0.3, -0.25) is 14.4 Å². The highest BCUT2D eigenvalue weighted by molar-refractivity contribution is 9.11. The van der Waals surface area contributed by atoms with Crippen molar-refractivity contribution in [2.75, 3.05) is 13.6 Å². The molecule has 0 aliphatic heterocycles. The van der Waals surface area contributed by atoms with Crippen molar-refractivity contribution >= 4 is 45.0 Å². The molecule has 1 heterocycles. The van der Waals surface area contributed by atoms with Gasteiger partial charge in [-0.1, -0.05) is 0 Å². The van der Waals surface area contributed by atoms with Crippen LogP contribution in [-0.2, 0) is 9.59 Å². The molecular formula is C15H22BrN3O3S. The van der Waals surface area contributed by atoms with Crippen molar-refractivity contribution in [3.63, 3.8) is 0 Å². The topological polar surface area (TPSA) is 78.5 Å². The number of nitrogens with zero attached hydrogens (tertiary/aromatic N) is 1. The summed E-state index contributed by atoms with van der Waals surface area (Å²) in [5, 5.41) is 5.39. The molecule has 1 aromatic heterocycles. The van der Waals surface area contributed by atoms with Gasteiger partial charge in [0.05, 0.1) is 15.2 Å². The second-order valence-corrected chi connectivity index (χ2v) is 8.76. The molecule has 1 rings (SSSR count). The number of halogens is 1. The fourth-order valence-electron chi connectivity index (χ4n) is 1.74. The summed E-state index contributed by atoms with van der Waals surface area (Å²) in [5.41, 5.74) is -0.366. The fraction of sp³-hybridized carbons (Fsp3) is 0.533. The Morgan fingerprint density at radius 2 is 1.91 bits per heavy atom. The molecule has 23 heavy (non-hydrogen) atoms. The normalized spacial score (nSPS) is 12.4. The first kappa shape index (κ1) is 19.6. The van der Waals surface area contributed by atoms with Crippen LogP contribution >= 0.6 is 27.3 Å². The molecule has 0 spiro atoms. The van der Waals surface area contributed by atoms with Gasteiger partial charge in [0.2, 0.25) is 11.8 Å². The molecule has 0 aliphatic carbocycles. The van der Waals surface area contributed by atoms with Crippen LogP contribution in [0.25, 0.3) is 0 Å². The lowest BCUT2D eigenvalue weighted by atomic mass is 10.1. The summed E-state index contributed by atoms with van der Waals surface area (Å²) in [6.07, 6.45) is 0. The van der Waals surface area contributed by atoms with Crippen molar-refractivity contribution in [1.29, 1.82) is 0 Å². The Kier molecular flexibility index (Phi) is 6.76. The molecule has 0 fully saturated rings. The van der Waals surface area contributed by atoms with Crippen LogP contribution in [0.1, 0.15) is 37.4 Å². The Morgan fingerprint density at radius 1 is 1.30 bits per heavy atom. The van der Waals surface area contributed by atoms with E-state index in [9.17, 15) is 14.4 Å². The predicted molar refractivity (Wildman–Crippen MR) is 94.5 cm³/mol. The smallest absolute Gasteiger partial charge is 0.264 e. The Labute approximate surface area is 148 Å². The molecule has 128 valence electrons. The second-order valence-electron chi connectivity index (χ2n) is 6.29. The van der Waals surface area contributed by atoms with Crippen molar-refractivity contribution in [3.05, 3.63) is 20.8 Å². The zero-order chi connectivity index (χ0) is 17.8. The average Bonchev–Trinajstić information content (AvgIpc) is 2.82. The Hall–Kier alpha value is -1.41. The summed E-state index contributed by atoms with van der Waals surface area (Å²) in [5.74, 6) is -0.877. The highest BCUT2D eigenvalue weighted by atomic mass is 79.9. The van der Waals surface area contributed by atoms with Gasteiger partial charge in [0.25, 0.3) is 5.91 Å².